The van der Waals surface area contributed by atoms with Gasteiger partial charge in [-0.3, -0.25) is 10.1 Å². The number of anilines is 1. The third-order valence-corrected chi connectivity index (χ3v) is 4.44. The summed E-state index contributed by atoms with van der Waals surface area (Å²) in [5, 5.41) is 14.0. The zero-order valence-corrected chi connectivity index (χ0v) is 13.1. The smallest absolute Gasteiger partial charge is 0.285 e. The van der Waals surface area contributed by atoms with Crippen LogP contribution in [-0.4, -0.2) is 4.92 Å². The van der Waals surface area contributed by atoms with Crippen molar-refractivity contribution >= 4 is 27.3 Å². The molecule has 21 heavy (non-hydrogen) atoms. The molecule has 1 N–H and O–H groups in total. The SMILES string of the molecule is CC1CC1c1ccc(CNc2ccc(Br)c([N+](=O)[O-])c2)o1. The van der Waals surface area contributed by atoms with Crippen LogP contribution in [0.2, 0.25) is 0 Å². The highest BCUT2D eigenvalue weighted by Gasteiger charge is 2.36. The standard InChI is InChI=1S/C15H15BrN2O3/c1-9-6-12(9)15-5-3-11(21-15)8-17-10-2-4-13(16)14(7-10)18(19)20/h2-5,7,9,12,17H,6,8H2,1H3. The van der Waals surface area contributed by atoms with Crippen LogP contribution in [0.4, 0.5) is 11.4 Å². The molecule has 3 rings (SSSR count). The van der Waals surface area contributed by atoms with Crippen LogP contribution in [-0.2, 0) is 6.54 Å². The van der Waals surface area contributed by atoms with Crippen molar-refractivity contribution in [3.63, 3.8) is 0 Å². The first-order chi connectivity index (χ1) is 10.0. The number of rotatable bonds is 5. The fraction of sp³-hybridized carbons (Fsp3) is 0.333. The number of nitro benzene ring substituents is 1. The highest BCUT2D eigenvalue weighted by molar-refractivity contribution is 9.10. The van der Waals surface area contributed by atoms with Gasteiger partial charge in [0, 0.05) is 17.7 Å². The Kier molecular flexibility index (Phi) is 3.71. The van der Waals surface area contributed by atoms with E-state index in [1.807, 2.05) is 12.1 Å². The fourth-order valence-corrected chi connectivity index (χ4v) is 2.75. The van der Waals surface area contributed by atoms with E-state index in [-0.39, 0.29) is 5.69 Å². The van der Waals surface area contributed by atoms with Gasteiger partial charge in [0.15, 0.2) is 0 Å². The normalized spacial score (nSPS) is 20.3. The summed E-state index contributed by atoms with van der Waals surface area (Å²) in [5.74, 6) is 3.16. The predicted molar refractivity (Wildman–Crippen MR) is 83.4 cm³/mol. The molecule has 110 valence electrons. The van der Waals surface area contributed by atoms with E-state index in [0.29, 0.717) is 28.5 Å². The lowest BCUT2D eigenvalue weighted by Gasteiger charge is -2.05. The maximum Gasteiger partial charge on any atom is 0.285 e. The fourth-order valence-electron chi connectivity index (χ4n) is 2.36. The zero-order chi connectivity index (χ0) is 15.0. The Hall–Kier alpha value is -1.82. The molecule has 0 saturated heterocycles. The van der Waals surface area contributed by atoms with E-state index in [1.54, 1.807) is 12.1 Å². The van der Waals surface area contributed by atoms with E-state index in [0.717, 1.165) is 11.5 Å². The van der Waals surface area contributed by atoms with Gasteiger partial charge in [0.05, 0.1) is 15.9 Å². The lowest BCUT2D eigenvalue weighted by Crippen LogP contribution is -1.99. The number of benzene rings is 1. The second kappa shape index (κ2) is 5.52. The third kappa shape index (κ3) is 3.10. The monoisotopic (exact) mass is 350 g/mol. The maximum atomic E-state index is 10.9. The van der Waals surface area contributed by atoms with Crippen molar-refractivity contribution in [2.24, 2.45) is 5.92 Å². The van der Waals surface area contributed by atoms with Crippen LogP contribution in [0.3, 0.4) is 0 Å². The summed E-state index contributed by atoms with van der Waals surface area (Å²) in [6, 6.07) is 8.95. The van der Waals surface area contributed by atoms with Crippen molar-refractivity contribution in [2.75, 3.05) is 5.32 Å². The molecule has 6 heteroatoms. The number of halogens is 1. The second-order valence-corrected chi connectivity index (χ2v) is 6.25. The molecule has 0 aliphatic heterocycles. The highest BCUT2D eigenvalue weighted by Crippen LogP contribution is 2.47. The average Bonchev–Trinajstić information content (AvgIpc) is 3.00. The zero-order valence-electron chi connectivity index (χ0n) is 11.5. The molecule has 2 unspecified atom stereocenters. The molecular formula is C15H15BrN2O3. The highest BCUT2D eigenvalue weighted by atomic mass is 79.9. The van der Waals surface area contributed by atoms with E-state index in [4.69, 9.17) is 4.42 Å². The van der Waals surface area contributed by atoms with E-state index in [1.165, 1.54) is 12.5 Å². The van der Waals surface area contributed by atoms with Crippen LogP contribution < -0.4 is 5.32 Å². The van der Waals surface area contributed by atoms with Crippen molar-refractivity contribution in [1.29, 1.82) is 0 Å². The molecule has 1 aromatic heterocycles. The van der Waals surface area contributed by atoms with Crippen LogP contribution in [0.25, 0.3) is 0 Å². The van der Waals surface area contributed by atoms with Crippen LogP contribution in [0.1, 0.15) is 30.8 Å². The first-order valence-electron chi connectivity index (χ1n) is 6.81. The molecule has 1 aromatic carbocycles. The molecule has 0 radical (unpaired) electrons. The molecule has 5 nitrogen and oxygen atoms in total. The number of furan rings is 1. The van der Waals surface area contributed by atoms with Gasteiger partial charge in [-0.2, -0.15) is 0 Å². The Morgan fingerprint density at radius 1 is 1.43 bits per heavy atom. The van der Waals surface area contributed by atoms with Gasteiger partial charge in [-0.25, -0.2) is 0 Å². The third-order valence-electron chi connectivity index (χ3n) is 3.77. The predicted octanol–water partition coefficient (Wildman–Crippen LogP) is 4.69. The lowest BCUT2D eigenvalue weighted by molar-refractivity contribution is -0.385. The molecule has 1 fully saturated rings. The summed E-state index contributed by atoms with van der Waals surface area (Å²) in [5.41, 5.74) is 0.745. The van der Waals surface area contributed by atoms with Gasteiger partial charge >= 0.3 is 0 Å². The molecule has 2 aromatic rings. The van der Waals surface area contributed by atoms with Crippen molar-refractivity contribution in [1.82, 2.24) is 0 Å². The number of nitrogens with zero attached hydrogens (tertiary/aromatic N) is 1. The van der Waals surface area contributed by atoms with Gasteiger partial charge in [0.25, 0.3) is 5.69 Å². The number of hydrogen-bond acceptors (Lipinski definition) is 4. The van der Waals surface area contributed by atoms with Crippen LogP contribution in [0, 0.1) is 16.0 Å². The molecule has 2 atom stereocenters. The summed E-state index contributed by atoms with van der Waals surface area (Å²) < 4.78 is 6.27. The Labute approximate surface area is 130 Å². The van der Waals surface area contributed by atoms with Gasteiger partial charge in [-0.05, 0) is 52.5 Å². The Morgan fingerprint density at radius 3 is 2.86 bits per heavy atom. The molecule has 0 bridgehead atoms. The minimum atomic E-state index is -0.408. The molecule has 0 amide bonds. The quantitative estimate of drug-likeness (QED) is 0.627. The van der Waals surface area contributed by atoms with E-state index < -0.39 is 4.92 Å². The topological polar surface area (TPSA) is 68.3 Å². The molecule has 1 heterocycles. The second-order valence-electron chi connectivity index (χ2n) is 5.40. The van der Waals surface area contributed by atoms with Crippen LogP contribution >= 0.6 is 15.9 Å². The number of nitro groups is 1. The molecule has 1 saturated carbocycles. The number of nitrogens with one attached hydrogen (secondary N) is 1. The van der Waals surface area contributed by atoms with Gasteiger partial charge in [0.2, 0.25) is 0 Å². The van der Waals surface area contributed by atoms with Crippen molar-refractivity contribution < 1.29 is 9.34 Å². The minimum absolute atomic E-state index is 0.0481. The summed E-state index contributed by atoms with van der Waals surface area (Å²) >= 11 is 3.17. The minimum Gasteiger partial charge on any atom is -0.464 e. The van der Waals surface area contributed by atoms with Gasteiger partial charge < -0.3 is 9.73 Å². The van der Waals surface area contributed by atoms with Crippen LogP contribution in [0.5, 0.6) is 0 Å². The Bertz CT molecular complexity index is 683. The Balaban J connectivity index is 1.66. The van der Waals surface area contributed by atoms with E-state index in [9.17, 15) is 10.1 Å². The van der Waals surface area contributed by atoms with Gasteiger partial charge in [-0.1, -0.05) is 6.92 Å². The van der Waals surface area contributed by atoms with Crippen LogP contribution in [0.15, 0.2) is 39.2 Å². The summed E-state index contributed by atoms with van der Waals surface area (Å²) in [6.45, 7) is 2.73. The van der Waals surface area contributed by atoms with Gasteiger partial charge in [0.1, 0.15) is 11.5 Å². The maximum absolute atomic E-state index is 10.9. The van der Waals surface area contributed by atoms with Crippen molar-refractivity contribution in [3.05, 3.63) is 56.4 Å². The molecule has 0 spiro atoms. The van der Waals surface area contributed by atoms with Gasteiger partial charge in [-0.15, -0.1) is 0 Å². The average molecular weight is 351 g/mol. The lowest BCUT2D eigenvalue weighted by atomic mass is 10.2. The Morgan fingerprint density at radius 2 is 2.19 bits per heavy atom. The van der Waals surface area contributed by atoms with E-state index >= 15 is 0 Å². The van der Waals surface area contributed by atoms with Crippen molar-refractivity contribution in [3.8, 4) is 0 Å². The summed E-state index contributed by atoms with van der Waals surface area (Å²) in [4.78, 5) is 10.5. The van der Waals surface area contributed by atoms with Crippen molar-refractivity contribution in [2.45, 2.75) is 25.8 Å². The number of hydrogen-bond donors (Lipinski definition) is 1. The van der Waals surface area contributed by atoms with E-state index in [2.05, 4.69) is 28.2 Å². The first kappa shape index (κ1) is 14.1. The summed E-state index contributed by atoms with van der Waals surface area (Å²) in [6.07, 6.45) is 1.19. The first-order valence-corrected chi connectivity index (χ1v) is 7.60. The molecular weight excluding hydrogens is 336 g/mol. The molecule has 1 aliphatic rings. The molecule has 1 aliphatic carbocycles. The largest absolute Gasteiger partial charge is 0.464 e. The summed E-state index contributed by atoms with van der Waals surface area (Å²) in [7, 11) is 0.